The monoisotopic (exact) mass is 378 g/mol. The predicted octanol–water partition coefficient (Wildman–Crippen LogP) is 1.49. The molecule has 130 valence electrons. The molecule has 1 aromatic heterocycles. The first-order valence-corrected chi connectivity index (χ1v) is 11.3. The molecule has 1 atom stereocenters. The van der Waals surface area contributed by atoms with Crippen LogP contribution in [-0.4, -0.2) is 65.8 Å². The number of anilines is 1. The number of hydrogen-bond donors (Lipinski definition) is 1. The third-order valence-corrected chi connectivity index (χ3v) is 7.24. The number of rotatable bonds is 8. The van der Waals surface area contributed by atoms with Crippen molar-refractivity contribution in [1.29, 1.82) is 0 Å². The van der Waals surface area contributed by atoms with Gasteiger partial charge in [-0.15, -0.1) is 10.2 Å². The number of sulfone groups is 1. The van der Waals surface area contributed by atoms with E-state index in [1.54, 1.807) is 4.90 Å². The van der Waals surface area contributed by atoms with Gasteiger partial charge >= 0.3 is 0 Å². The van der Waals surface area contributed by atoms with Crippen LogP contribution in [0.2, 0.25) is 0 Å². The summed E-state index contributed by atoms with van der Waals surface area (Å²) in [6.45, 7) is 5.34. The number of amides is 1. The minimum atomic E-state index is -2.99. The Labute approximate surface area is 145 Å². The summed E-state index contributed by atoms with van der Waals surface area (Å²) < 4.78 is 24.0. The SMILES string of the molecule is CCCN(C(=O)CSc1nnc(NCC)s1)[C@H]1CCS(=O)(=O)C1. The van der Waals surface area contributed by atoms with Gasteiger partial charge in [0.1, 0.15) is 0 Å². The Morgan fingerprint density at radius 2 is 2.22 bits per heavy atom. The van der Waals surface area contributed by atoms with Crippen LogP contribution >= 0.6 is 23.1 Å². The third kappa shape index (κ3) is 5.32. The number of aromatic nitrogens is 2. The summed E-state index contributed by atoms with van der Waals surface area (Å²) in [7, 11) is -2.99. The van der Waals surface area contributed by atoms with Gasteiger partial charge in [0.25, 0.3) is 0 Å². The van der Waals surface area contributed by atoms with Crippen LogP contribution in [0.15, 0.2) is 4.34 Å². The highest BCUT2D eigenvalue weighted by molar-refractivity contribution is 8.01. The largest absolute Gasteiger partial charge is 0.360 e. The predicted molar refractivity (Wildman–Crippen MR) is 93.9 cm³/mol. The molecule has 0 saturated carbocycles. The smallest absolute Gasteiger partial charge is 0.233 e. The Hall–Kier alpha value is -0.870. The Morgan fingerprint density at radius 1 is 1.43 bits per heavy atom. The van der Waals surface area contributed by atoms with Crippen LogP contribution in [-0.2, 0) is 14.6 Å². The van der Waals surface area contributed by atoms with Crippen LogP contribution in [0.4, 0.5) is 5.13 Å². The van der Waals surface area contributed by atoms with E-state index in [4.69, 9.17) is 0 Å². The average Bonchev–Trinajstić information content (AvgIpc) is 3.09. The third-order valence-electron chi connectivity index (χ3n) is 3.49. The molecule has 1 aromatic rings. The minimum Gasteiger partial charge on any atom is -0.360 e. The second-order valence-corrected chi connectivity index (χ2v) is 9.76. The van der Waals surface area contributed by atoms with Crippen LogP contribution in [0, 0.1) is 0 Å². The first-order valence-electron chi connectivity index (χ1n) is 7.65. The summed E-state index contributed by atoms with van der Waals surface area (Å²) in [5, 5.41) is 11.9. The van der Waals surface area contributed by atoms with E-state index >= 15 is 0 Å². The summed E-state index contributed by atoms with van der Waals surface area (Å²) in [6.07, 6.45) is 1.36. The highest BCUT2D eigenvalue weighted by Crippen LogP contribution is 2.26. The molecular weight excluding hydrogens is 356 g/mol. The molecule has 1 aliphatic heterocycles. The van der Waals surface area contributed by atoms with Crippen molar-refractivity contribution in [2.24, 2.45) is 0 Å². The summed E-state index contributed by atoms with van der Waals surface area (Å²) in [5.74, 6) is 0.504. The van der Waals surface area contributed by atoms with Crippen LogP contribution in [0.1, 0.15) is 26.7 Å². The molecule has 0 radical (unpaired) electrons. The molecular formula is C13H22N4O3S3. The van der Waals surface area contributed by atoms with Crippen LogP contribution in [0.5, 0.6) is 0 Å². The van der Waals surface area contributed by atoms with E-state index in [9.17, 15) is 13.2 Å². The van der Waals surface area contributed by atoms with Crippen LogP contribution in [0.25, 0.3) is 0 Å². The summed E-state index contributed by atoms with van der Waals surface area (Å²) in [6, 6.07) is -0.181. The fraction of sp³-hybridized carbons (Fsp3) is 0.769. The lowest BCUT2D eigenvalue weighted by molar-refractivity contribution is -0.130. The van der Waals surface area contributed by atoms with E-state index in [1.807, 2.05) is 13.8 Å². The van der Waals surface area contributed by atoms with Gasteiger partial charge in [0.15, 0.2) is 14.2 Å². The van der Waals surface area contributed by atoms with E-state index in [0.717, 1.165) is 22.4 Å². The molecule has 1 amide bonds. The highest BCUT2D eigenvalue weighted by atomic mass is 32.2. The molecule has 1 fully saturated rings. The zero-order valence-corrected chi connectivity index (χ0v) is 15.8. The maximum Gasteiger partial charge on any atom is 0.233 e. The van der Waals surface area contributed by atoms with E-state index in [-0.39, 0.29) is 29.2 Å². The number of nitrogens with zero attached hydrogens (tertiary/aromatic N) is 3. The van der Waals surface area contributed by atoms with E-state index in [1.165, 1.54) is 23.1 Å². The molecule has 1 aliphatic rings. The maximum atomic E-state index is 12.5. The standard InChI is InChI=1S/C13H22N4O3S3/c1-3-6-17(10-5-7-23(19,20)9-10)11(18)8-21-13-16-15-12(22-13)14-4-2/h10H,3-9H2,1-2H3,(H,14,15)/t10-/m0/s1. The van der Waals surface area contributed by atoms with Crippen molar-refractivity contribution >= 4 is 44.0 Å². The lowest BCUT2D eigenvalue weighted by Crippen LogP contribution is -2.42. The van der Waals surface area contributed by atoms with Crippen LogP contribution < -0.4 is 5.32 Å². The molecule has 0 aliphatic carbocycles. The molecule has 0 bridgehead atoms. The second kappa shape index (κ2) is 8.29. The first kappa shape index (κ1) is 18.5. The van der Waals surface area contributed by atoms with Gasteiger partial charge in [0.2, 0.25) is 11.0 Å². The van der Waals surface area contributed by atoms with Gasteiger partial charge in [-0.05, 0) is 19.8 Å². The summed E-state index contributed by atoms with van der Waals surface area (Å²) >= 11 is 2.77. The first-order chi connectivity index (χ1) is 10.9. The van der Waals surface area contributed by atoms with Gasteiger partial charge in [-0.1, -0.05) is 30.0 Å². The van der Waals surface area contributed by atoms with Gasteiger partial charge in [0, 0.05) is 19.1 Å². The van der Waals surface area contributed by atoms with Crippen molar-refractivity contribution in [3.05, 3.63) is 0 Å². The normalized spacial score (nSPS) is 19.7. The molecule has 1 saturated heterocycles. The van der Waals surface area contributed by atoms with Crippen molar-refractivity contribution in [2.45, 2.75) is 37.1 Å². The van der Waals surface area contributed by atoms with Gasteiger partial charge in [-0.2, -0.15) is 0 Å². The van der Waals surface area contributed by atoms with Gasteiger partial charge in [-0.3, -0.25) is 4.79 Å². The Bertz CT molecular complexity index is 632. The number of carbonyl (C=O) groups is 1. The molecule has 7 nitrogen and oxygen atoms in total. The van der Waals surface area contributed by atoms with Gasteiger partial charge in [0.05, 0.1) is 17.3 Å². The quantitative estimate of drug-likeness (QED) is 0.685. The summed E-state index contributed by atoms with van der Waals surface area (Å²) in [4.78, 5) is 14.2. The molecule has 1 N–H and O–H groups in total. The van der Waals surface area contributed by atoms with Crippen molar-refractivity contribution < 1.29 is 13.2 Å². The fourth-order valence-electron chi connectivity index (χ4n) is 2.47. The summed E-state index contributed by atoms with van der Waals surface area (Å²) in [5.41, 5.74) is 0. The molecule has 23 heavy (non-hydrogen) atoms. The molecule has 0 unspecified atom stereocenters. The topological polar surface area (TPSA) is 92.3 Å². The highest BCUT2D eigenvalue weighted by Gasteiger charge is 2.34. The molecule has 2 rings (SSSR count). The molecule has 0 spiro atoms. The number of carbonyl (C=O) groups excluding carboxylic acids is 1. The zero-order chi connectivity index (χ0) is 16.9. The number of thioether (sulfide) groups is 1. The minimum absolute atomic E-state index is 0.0286. The van der Waals surface area contributed by atoms with E-state index in [0.29, 0.717) is 13.0 Å². The number of hydrogen-bond acceptors (Lipinski definition) is 8. The zero-order valence-electron chi connectivity index (χ0n) is 13.3. The van der Waals surface area contributed by atoms with Crippen molar-refractivity contribution in [2.75, 3.05) is 35.7 Å². The van der Waals surface area contributed by atoms with Crippen molar-refractivity contribution in [3.63, 3.8) is 0 Å². The number of nitrogens with one attached hydrogen (secondary N) is 1. The average molecular weight is 379 g/mol. The van der Waals surface area contributed by atoms with Gasteiger partial charge < -0.3 is 10.2 Å². The maximum absolute atomic E-state index is 12.5. The second-order valence-electron chi connectivity index (χ2n) is 5.34. The van der Waals surface area contributed by atoms with Gasteiger partial charge in [-0.25, -0.2) is 8.42 Å². The lowest BCUT2D eigenvalue weighted by atomic mass is 10.2. The van der Waals surface area contributed by atoms with E-state index < -0.39 is 9.84 Å². The molecule has 2 heterocycles. The fourth-order valence-corrected chi connectivity index (χ4v) is 5.91. The lowest BCUT2D eigenvalue weighted by Gasteiger charge is -2.27. The van der Waals surface area contributed by atoms with Crippen molar-refractivity contribution in [3.8, 4) is 0 Å². The Morgan fingerprint density at radius 3 is 2.83 bits per heavy atom. The molecule has 10 heteroatoms. The Kier molecular flexibility index (Phi) is 6.66. The molecule has 0 aromatic carbocycles. The Balaban J connectivity index is 1.92. The van der Waals surface area contributed by atoms with Crippen molar-refractivity contribution in [1.82, 2.24) is 15.1 Å². The van der Waals surface area contributed by atoms with E-state index in [2.05, 4.69) is 15.5 Å². The van der Waals surface area contributed by atoms with Crippen LogP contribution in [0.3, 0.4) is 0 Å².